The predicted molar refractivity (Wildman–Crippen MR) is 193 cm³/mol. The van der Waals surface area contributed by atoms with Gasteiger partial charge in [-0.3, -0.25) is 0 Å². The molecule has 0 bridgehead atoms. The Morgan fingerprint density at radius 3 is 1.29 bits per heavy atom. The van der Waals surface area contributed by atoms with Crippen LogP contribution in [0.3, 0.4) is 0 Å². The van der Waals surface area contributed by atoms with Crippen molar-refractivity contribution in [1.29, 1.82) is 0 Å². The lowest BCUT2D eigenvalue weighted by Gasteiger charge is -2.26. The van der Waals surface area contributed by atoms with Crippen LogP contribution in [0.25, 0.3) is 0 Å². The summed E-state index contributed by atoms with van der Waals surface area (Å²) >= 11 is 0. The topological polar surface area (TPSA) is 71.1 Å². The fourth-order valence-corrected chi connectivity index (χ4v) is 6.98. The van der Waals surface area contributed by atoms with E-state index in [4.69, 9.17) is 18.9 Å². The van der Waals surface area contributed by atoms with Gasteiger partial charge in [0.25, 0.3) is 0 Å². The van der Waals surface area contributed by atoms with E-state index in [0.717, 1.165) is 11.8 Å². The molecule has 0 N–H and O–H groups in total. The van der Waals surface area contributed by atoms with Crippen LogP contribution in [0.1, 0.15) is 125 Å². The van der Waals surface area contributed by atoms with Crippen molar-refractivity contribution >= 4 is 11.9 Å². The lowest BCUT2D eigenvalue weighted by molar-refractivity contribution is -0.0239. The molecular formula is C42H58O6. The van der Waals surface area contributed by atoms with Crippen LogP contribution < -0.4 is 9.47 Å². The third-order valence-corrected chi connectivity index (χ3v) is 10.1. The Labute approximate surface area is 289 Å². The molecule has 6 nitrogen and oxygen atoms in total. The van der Waals surface area contributed by atoms with Gasteiger partial charge in [0.05, 0.1) is 11.1 Å². The first-order chi connectivity index (χ1) is 23.3. The van der Waals surface area contributed by atoms with Gasteiger partial charge in [-0.15, -0.1) is 0 Å². The van der Waals surface area contributed by atoms with Crippen molar-refractivity contribution in [2.24, 2.45) is 23.7 Å². The zero-order valence-corrected chi connectivity index (χ0v) is 29.7. The molecule has 0 spiro atoms. The van der Waals surface area contributed by atoms with E-state index in [-0.39, 0.29) is 0 Å². The quantitative estimate of drug-likeness (QED) is 0.124. The second-order valence-corrected chi connectivity index (χ2v) is 13.9. The summed E-state index contributed by atoms with van der Waals surface area (Å²) in [6.07, 6.45) is 23.3. The Kier molecular flexibility index (Phi) is 15.6. The fraction of sp³-hybridized carbons (Fsp3) is 0.571. The first-order valence-electron chi connectivity index (χ1n) is 18.6. The molecular weight excluding hydrogens is 600 g/mol. The van der Waals surface area contributed by atoms with E-state index in [2.05, 4.69) is 38.2 Å². The van der Waals surface area contributed by atoms with Crippen LogP contribution in [0.5, 0.6) is 11.5 Å². The molecule has 2 atom stereocenters. The summed E-state index contributed by atoms with van der Waals surface area (Å²) in [5.41, 5.74) is 0.828. The second kappa shape index (κ2) is 20.1. The molecule has 2 aliphatic rings. The van der Waals surface area contributed by atoms with Gasteiger partial charge in [-0.25, -0.2) is 9.59 Å². The summed E-state index contributed by atoms with van der Waals surface area (Å²) in [5.74, 6) is 3.58. The molecule has 0 heterocycles. The van der Waals surface area contributed by atoms with E-state index in [1.807, 2.05) is 0 Å². The molecule has 0 aromatic heterocycles. The third kappa shape index (κ3) is 12.5. The molecule has 2 saturated carbocycles. The number of benzene rings is 2. The summed E-state index contributed by atoms with van der Waals surface area (Å²) in [7, 11) is 0. The lowest BCUT2D eigenvalue weighted by Crippen LogP contribution is -2.30. The first-order valence-corrected chi connectivity index (χ1v) is 18.6. The summed E-state index contributed by atoms with van der Waals surface area (Å²) in [4.78, 5) is 25.5. The molecule has 0 radical (unpaired) electrons. The number of esters is 2. The van der Waals surface area contributed by atoms with Crippen LogP contribution in [0, 0.1) is 23.7 Å². The number of ether oxygens (including phenoxy) is 4. The molecule has 2 aromatic rings. The largest absolute Gasteiger partial charge is 0.490 e. The minimum Gasteiger partial charge on any atom is -0.490 e. The fourth-order valence-electron chi connectivity index (χ4n) is 6.98. The van der Waals surface area contributed by atoms with E-state index in [1.165, 1.54) is 77.0 Å². The van der Waals surface area contributed by atoms with E-state index in [9.17, 15) is 9.59 Å². The first kappa shape index (κ1) is 37.3. The van der Waals surface area contributed by atoms with Crippen molar-refractivity contribution < 1.29 is 28.5 Å². The Bertz CT molecular complexity index is 1180. The molecule has 2 aliphatic carbocycles. The molecule has 2 aromatic carbocycles. The number of rotatable bonds is 17. The van der Waals surface area contributed by atoms with Crippen molar-refractivity contribution in [1.82, 2.24) is 0 Å². The van der Waals surface area contributed by atoms with Crippen LogP contribution in [0.15, 0.2) is 72.8 Å². The van der Waals surface area contributed by atoms with Crippen LogP contribution >= 0.6 is 0 Å². The van der Waals surface area contributed by atoms with Gasteiger partial charge < -0.3 is 18.9 Å². The summed E-state index contributed by atoms with van der Waals surface area (Å²) in [6, 6.07) is 13.9. The normalized spacial score (nSPS) is 22.7. The zero-order valence-electron chi connectivity index (χ0n) is 29.7. The number of carbonyl (C=O) groups excluding carboxylic acids is 2. The second-order valence-electron chi connectivity index (χ2n) is 13.9. The molecule has 0 saturated heterocycles. The van der Waals surface area contributed by atoms with Gasteiger partial charge in [-0.05, 0) is 137 Å². The van der Waals surface area contributed by atoms with Gasteiger partial charge in [0.2, 0.25) is 0 Å². The molecule has 0 amide bonds. The standard InChI is InChI=1S/C42H58O6/c1-5-9-33-13-17-35(18-14-33)11-7-29-45-39-25-21-37(22-26-39)41(43)47-31(3)32(4)48-42(44)38-23-27-40(28-24-38)46-30-8-12-36-19-15-34(10-6-2)16-20-36/h7-8,11-12,21-28,31-36H,5-6,9-10,13-20,29-30H2,1-4H3/t31-,32-,33?,34?,35?,36?/m1/s1. The highest BCUT2D eigenvalue weighted by atomic mass is 16.6. The van der Waals surface area contributed by atoms with E-state index in [0.29, 0.717) is 47.7 Å². The highest BCUT2D eigenvalue weighted by Gasteiger charge is 2.23. The van der Waals surface area contributed by atoms with Gasteiger partial charge >= 0.3 is 11.9 Å². The van der Waals surface area contributed by atoms with Crippen molar-refractivity contribution in [3.05, 3.63) is 84.0 Å². The predicted octanol–water partition coefficient (Wildman–Crippen LogP) is 10.6. The van der Waals surface area contributed by atoms with Crippen molar-refractivity contribution in [2.45, 2.75) is 117 Å². The monoisotopic (exact) mass is 658 g/mol. The van der Waals surface area contributed by atoms with E-state index < -0.39 is 24.1 Å². The minimum atomic E-state index is -0.629. The highest BCUT2D eigenvalue weighted by molar-refractivity contribution is 5.90. The molecule has 262 valence electrons. The van der Waals surface area contributed by atoms with Crippen molar-refractivity contribution in [3.63, 3.8) is 0 Å². The van der Waals surface area contributed by atoms with Crippen LogP contribution in [-0.4, -0.2) is 37.4 Å². The number of allylic oxidation sites excluding steroid dienone is 2. The van der Waals surface area contributed by atoms with Crippen LogP contribution in [-0.2, 0) is 9.47 Å². The molecule has 4 rings (SSSR count). The summed E-state index contributed by atoms with van der Waals surface area (Å²) in [5, 5.41) is 0. The third-order valence-electron chi connectivity index (χ3n) is 10.1. The average molecular weight is 659 g/mol. The summed E-state index contributed by atoms with van der Waals surface area (Å²) < 4.78 is 22.9. The molecule has 0 unspecified atom stereocenters. The maximum atomic E-state index is 12.8. The van der Waals surface area contributed by atoms with Crippen molar-refractivity contribution in [2.75, 3.05) is 13.2 Å². The number of hydrogen-bond donors (Lipinski definition) is 0. The Morgan fingerprint density at radius 1 is 0.604 bits per heavy atom. The van der Waals surface area contributed by atoms with Crippen LogP contribution in [0.4, 0.5) is 0 Å². The number of hydrogen-bond acceptors (Lipinski definition) is 6. The Morgan fingerprint density at radius 2 is 0.958 bits per heavy atom. The molecule has 48 heavy (non-hydrogen) atoms. The maximum absolute atomic E-state index is 12.8. The molecule has 0 aliphatic heterocycles. The maximum Gasteiger partial charge on any atom is 0.338 e. The molecule has 6 heteroatoms. The van der Waals surface area contributed by atoms with Crippen molar-refractivity contribution in [3.8, 4) is 11.5 Å². The number of carbonyl (C=O) groups is 2. The minimum absolute atomic E-state index is 0.414. The summed E-state index contributed by atoms with van der Waals surface area (Å²) in [6.45, 7) is 9.00. The van der Waals surface area contributed by atoms with Gasteiger partial charge in [0, 0.05) is 0 Å². The average Bonchev–Trinajstić information content (AvgIpc) is 3.10. The Hall–Kier alpha value is -3.54. The smallest absolute Gasteiger partial charge is 0.338 e. The van der Waals surface area contributed by atoms with Gasteiger partial charge in [-0.1, -0.05) is 63.8 Å². The SMILES string of the molecule is CCCC1CCC(C=CCOc2ccc(C(=O)O[C@H](C)[C@@H](C)OC(=O)c3ccc(OCC=CC4CCC(CCC)CC4)cc3)cc2)CC1. The van der Waals surface area contributed by atoms with Gasteiger partial charge in [-0.2, -0.15) is 0 Å². The molecule has 2 fully saturated rings. The Balaban J connectivity index is 1.12. The van der Waals surface area contributed by atoms with Gasteiger partial charge in [0.1, 0.15) is 36.9 Å². The van der Waals surface area contributed by atoms with E-state index >= 15 is 0 Å². The zero-order chi connectivity index (χ0) is 34.1. The van der Waals surface area contributed by atoms with E-state index in [1.54, 1.807) is 62.4 Å². The van der Waals surface area contributed by atoms with Gasteiger partial charge in [0.15, 0.2) is 0 Å². The van der Waals surface area contributed by atoms with Crippen LogP contribution in [0.2, 0.25) is 0 Å². The highest BCUT2D eigenvalue weighted by Crippen LogP contribution is 2.33. The lowest BCUT2D eigenvalue weighted by atomic mass is 9.80.